The Labute approximate surface area is 92.2 Å². The van der Waals surface area contributed by atoms with Crippen molar-refractivity contribution in [3.8, 4) is 5.75 Å². The topological polar surface area (TPSA) is 35.2 Å². The molecule has 0 fully saturated rings. The molecule has 0 spiro atoms. The Balaban J connectivity index is 2.62. The Bertz CT molecular complexity index is 321. The van der Waals surface area contributed by atoms with Crippen molar-refractivity contribution in [3.05, 3.63) is 29.8 Å². The number of alkyl halides is 3. The summed E-state index contributed by atoms with van der Waals surface area (Å²) in [5.74, 6) is 0.645. The van der Waals surface area contributed by atoms with Crippen LogP contribution in [0.2, 0.25) is 0 Å². The van der Waals surface area contributed by atoms with Gasteiger partial charge < -0.3 is 10.5 Å². The van der Waals surface area contributed by atoms with Crippen LogP contribution in [0, 0.1) is 0 Å². The van der Waals surface area contributed by atoms with Crippen molar-refractivity contribution < 1.29 is 17.9 Å². The van der Waals surface area contributed by atoms with Gasteiger partial charge in [0.1, 0.15) is 11.8 Å². The molecule has 1 aromatic rings. The van der Waals surface area contributed by atoms with Crippen molar-refractivity contribution >= 4 is 0 Å². The summed E-state index contributed by atoms with van der Waals surface area (Å²) >= 11 is 0. The van der Waals surface area contributed by atoms with E-state index < -0.39 is 12.2 Å². The molecule has 0 aliphatic rings. The van der Waals surface area contributed by atoms with Gasteiger partial charge in [-0.15, -0.1) is 0 Å². The molecular weight excluding hydrogens is 219 g/mol. The molecule has 0 radical (unpaired) electrons. The highest BCUT2D eigenvalue weighted by Gasteiger charge is 2.36. The lowest BCUT2D eigenvalue weighted by Gasteiger charge is -2.15. The smallest absolute Gasteiger partial charge is 0.403 e. The monoisotopic (exact) mass is 233 g/mol. The van der Waals surface area contributed by atoms with E-state index in [1.54, 1.807) is 24.3 Å². The summed E-state index contributed by atoms with van der Waals surface area (Å²) in [7, 11) is 0. The van der Waals surface area contributed by atoms with Crippen LogP contribution in [0.5, 0.6) is 5.75 Å². The van der Waals surface area contributed by atoms with Gasteiger partial charge in [0.2, 0.25) is 0 Å². The first-order valence-electron chi connectivity index (χ1n) is 4.97. The summed E-state index contributed by atoms with van der Waals surface area (Å²) in [4.78, 5) is 0. The van der Waals surface area contributed by atoms with Crippen molar-refractivity contribution in [2.24, 2.45) is 5.73 Å². The van der Waals surface area contributed by atoms with Gasteiger partial charge in [0.15, 0.2) is 0 Å². The van der Waals surface area contributed by atoms with Gasteiger partial charge in [0.05, 0.1) is 6.61 Å². The number of hydrogen-bond acceptors (Lipinski definition) is 2. The Hall–Kier alpha value is -1.23. The molecule has 0 aliphatic heterocycles. The molecule has 0 aliphatic carbocycles. The second-order valence-corrected chi connectivity index (χ2v) is 3.43. The fourth-order valence-corrected chi connectivity index (χ4v) is 1.26. The van der Waals surface area contributed by atoms with Crippen LogP contribution in [0.1, 0.15) is 12.5 Å². The number of benzene rings is 1. The zero-order chi connectivity index (χ0) is 12.2. The van der Waals surface area contributed by atoms with Gasteiger partial charge in [0, 0.05) is 0 Å². The van der Waals surface area contributed by atoms with E-state index in [4.69, 9.17) is 10.5 Å². The first-order valence-corrected chi connectivity index (χ1v) is 4.97. The van der Waals surface area contributed by atoms with E-state index in [9.17, 15) is 13.2 Å². The molecule has 0 saturated heterocycles. The third-order valence-corrected chi connectivity index (χ3v) is 2.11. The third-order valence-electron chi connectivity index (χ3n) is 2.11. The molecular formula is C11H14F3NO. The molecule has 1 rings (SSSR count). The van der Waals surface area contributed by atoms with Crippen LogP contribution in [0.15, 0.2) is 24.3 Å². The van der Waals surface area contributed by atoms with Crippen LogP contribution in [0.3, 0.4) is 0 Å². The molecule has 1 unspecified atom stereocenters. The lowest BCUT2D eigenvalue weighted by Crippen LogP contribution is -2.39. The zero-order valence-electron chi connectivity index (χ0n) is 8.92. The van der Waals surface area contributed by atoms with E-state index in [1.807, 2.05) is 6.92 Å². The maximum absolute atomic E-state index is 12.2. The van der Waals surface area contributed by atoms with Crippen molar-refractivity contribution in [3.63, 3.8) is 0 Å². The van der Waals surface area contributed by atoms with Gasteiger partial charge in [-0.05, 0) is 31.0 Å². The molecule has 1 aromatic carbocycles. The molecule has 90 valence electrons. The maximum Gasteiger partial charge on any atom is 0.403 e. The zero-order valence-corrected chi connectivity index (χ0v) is 8.92. The number of hydrogen-bond donors (Lipinski definition) is 1. The van der Waals surface area contributed by atoms with Crippen LogP contribution >= 0.6 is 0 Å². The van der Waals surface area contributed by atoms with Crippen LogP contribution in [-0.4, -0.2) is 18.8 Å². The van der Waals surface area contributed by atoms with Gasteiger partial charge >= 0.3 is 6.18 Å². The van der Waals surface area contributed by atoms with Crippen LogP contribution in [-0.2, 0) is 6.42 Å². The van der Waals surface area contributed by atoms with Gasteiger partial charge in [-0.1, -0.05) is 12.1 Å². The quantitative estimate of drug-likeness (QED) is 0.867. The van der Waals surface area contributed by atoms with E-state index in [2.05, 4.69) is 0 Å². The van der Waals surface area contributed by atoms with E-state index >= 15 is 0 Å². The Morgan fingerprint density at radius 1 is 1.25 bits per heavy atom. The van der Waals surface area contributed by atoms with Crippen LogP contribution in [0.25, 0.3) is 0 Å². The SMILES string of the molecule is CCOc1ccc(CC(N)C(F)(F)F)cc1. The molecule has 0 heterocycles. The van der Waals surface area contributed by atoms with E-state index in [0.29, 0.717) is 17.9 Å². The summed E-state index contributed by atoms with van der Waals surface area (Å²) in [5, 5.41) is 0. The summed E-state index contributed by atoms with van der Waals surface area (Å²) in [5.41, 5.74) is 5.57. The third kappa shape index (κ3) is 3.73. The second-order valence-electron chi connectivity index (χ2n) is 3.43. The summed E-state index contributed by atoms with van der Waals surface area (Å²) in [6.45, 7) is 2.37. The molecule has 1 atom stereocenters. The van der Waals surface area contributed by atoms with Gasteiger partial charge in [-0.3, -0.25) is 0 Å². The highest BCUT2D eigenvalue weighted by atomic mass is 19.4. The Kier molecular flexibility index (Phi) is 4.18. The average molecular weight is 233 g/mol. The lowest BCUT2D eigenvalue weighted by molar-refractivity contribution is -0.147. The summed E-state index contributed by atoms with van der Waals surface area (Å²) in [6, 6.07) is 4.65. The normalized spacial score (nSPS) is 13.6. The molecule has 0 saturated carbocycles. The molecule has 16 heavy (non-hydrogen) atoms. The Morgan fingerprint density at radius 2 is 1.81 bits per heavy atom. The minimum atomic E-state index is -4.35. The van der Waals surface area contributed by atoms with Crippen molar-refractivity contribution in [1.82, 2.24) is 0 Å². The fraction of sp³-hybridized carbons (Fsp3) is 0.455. The maximum atomic E-state index is 12.2. The van der Waals surface area contributed by atoms with E-state index in [-0.39, 0.29) is 6.42 Å². The fourth-order valence-electron chi connectivity index (χ4n) is 1.26. The first kappa shape index (κ1) is 12.8. The molecule has 5 heteroatoms. The molecule has 0 aromatic heterocycles. The van der Waals surface area contributed by atoms with Crippen LogP contribution in [0.4, 0.5) is 13.2 Å². The Morgan fingerprint density at radius 3 is 2.25 bits per heavy atom. The number of ether oxygens (including phenoxy) is 1. The predicted octanol–water partition coefficient (Wildman–Crippen LogP) is 2.52. The molecule has 2 nitrogen and oxygen atoms in total. The van der Waals surface area contributed by atoms with Gasteiger partial charge in [-0.25, -0.2) is 0 Å². The molecule has 2 N–H and O–H groups in total. The van der Waals surface area contributed by atoms with E-state index in [1.165, 1.54) is 0 Å². The van der Waals surface area contributed by atoms with Crippen LogP contribution < -0.4 is 10.5 Å². The largest absolute Gasteiger partial charge is 0.494 e. The number of nitrogens with two attached hydrogens (primary N) is 1. The highest BCUT2D eigenvalue weighted by molar-refractivity contribution is 5.27. The molecule has 0 amide bonds. The first-order chi connectivity index (χ1) is 7.43. The van der Waals surface area contributed by atoms with Crippen molar-refractivity contribution in [1.29, 1.82) is 0 Å². The standard InChI is InChI=1S/C11H14F3NO/c1-2-16-9-5-3-8(4-6-9)7-10(15)11(12,13)14/h3-6,10H,2,7,15H2,1H3. The predicted molar refractivity (Wildman–Crippen MR) is 55.3 cm³/mol. The summed E-state index contributed by atoms with van der Waals surface area (Å²) in [6.07, 6.45) is -4.56. The van der Waals surface area contributed by atoms with Crippen molar-refractivity contribution in [2.45, 2.75) is 25.6 Å². The minimum absolute atomic E-state index is 0.212. The van der Waals surface area contributed by atoms with Crippen molar-refractivity contribution in [2.75, 3.05) is 6.61 Å². The van der Waals surface area contributed by atoms with Gasteiger partial charge in [0.25, 0.3) is 0 Å². The second kappa shape index (κ2) is 5.21. The molecule has 0 bridgehead atoms. The summed E-state index contributed by atoms with van der Waals surface area (Å²) < 4.78 is 41.7. The van der Waals surface area contributed by atoms with Gasteiger partial charge in [-0.2, -0.15) is 13.2 Å². The average Bonchev–Trinajstić information content (AvgIpc) is 2.20. The number of rotatable bonds is 4. The van der Waals surface area contributed by atoms with E-state index in [0.717, 1.165) is 0 Å². The minimum Gasteiger partial charge on any atom is -0.494 e. The number of halogens is 3. The lowest BCUT2D eigenvalue weighted by atomic mass is 10.1. The highest BCUT2D eigenvalue weighted by Crippen LogP contribution is 2.22.